The molecule has 10 rings (SSSR count). The summed E-state index contributed by atoms with van der Waals surface area (Å²) in [5, 5.41) is 9.32. The maximum atomic E-state index is 12.9. The lowest BCUT2D eigenvalue weighted by Gasteiger charge is -2.32. The zero-order valence-electron chi connectivity index (χ0n) is 44.6. The monoisotopic (exact) mass is 1080 g/mol. The number of likely N-dealkylation sites (N-methyl/N-ethyl adjacent to an activating group) is 1. The van der Waals surface area contributed by atoms with Crippen molar-refractivity contribution in [2.24, 2.45) is 11.8 Å². The minimum atomic E-state index is -4.21. The summed E-state index contributed by atoms with van der Waals surface area (Å²) in [5.41, 5.74) is 9.65. The Hall–Kier alpha value is -5.70. The molecule has 4 atom stereocenters. The van der Waals surface area contributed by atoms with Gasteiger partial charge in [0, 0.05) is 113 Å². The number of morpholine rings is 2. The van der Waals surface area contributed by atoms with Gasteiger partial charge >= 0.3 is 24.4 Å². The Labute approximate surface area is 448 Å². The van der Waals surface area contributed by atoms with E-state index in [4.69, 9.17) is 19.4 Å². The number of hydrogen-bond acceptors (Lipinski definition) is 10. The van der Waals surface area contributed by atoms with Crippen LogP contribution in [0.25, 0.3) is 22.3 Å². The van der Waals surface area contributed by atoms with Crippen molar-refractivity contribution in [3.05, 3.63) is 83.2 Å². The molecule has 2 unspecified atom stereocenters. The van der Waals surface area contributed by atoms with E-state index in [-0.39, 0.29) is 25.2 Å². The normalized spacial score (nSPS) is 22.7. The van der Waals surface area contributed by atoms with Crippen molar-refractivity contribution in [3.63, 3.8) is 0 Å². The van der Waals surface area contributed by atoms with Crippen molar-refractivity contribution >= 4 is 35.1 Å². The molecule has 0 saturated carbocycles. The zero-order valence-corrected chi connectivity index (χ0v) is 44.6. The van der Waals surface area contributed by atoms with E-state index in [1.54, 1.807) is 0 Å². The minimum Gasteiger partial charge on any atom is -0.378 e. The Bertz CT molecular complexity index is 2620. The summed E-state index contributed by atoms with van der Waals surface area (Å²) >= 11 is 0. The van der Waals surface area contributed by atoms with Gasteiger partial charge in [-0.1, -0.05) is 12.1 Å². The number of alkyl halides is 6. The van der Waals surface area contributed by atoms with Gasteiger partial charge in [0.15, 0.2) is 0 Å². The van der Waals surface area contributed by atoms with E-state index in [1.807, 2.05) is 50.2 Å². The van der Waals surface area contributed by atoms with Crippen LogP contribution in [0.1, 0.15) is 85.7 Å². The highest BCUT2D eigenvalue weighted by Crippen LogP contribution is 2.38. The molecule has 2 aromatic heterocycles. The lowest BCUT2D eigenvalue weighted by atomic mass is 9.92. The number of urea groups is 2. The fraction of sp³-hybridized carbons (Fsp3) is 0.579. The second kappa shape index (κ2) is 25.0. The highest BCUT2D eigenvalue weighted by Gasteiger charge is 2.38. The fourth-order valence-electron chi connectivity index (χ4n) is 11.7. The van der Waals surface area contributed by atoms with Gasteiger partial charge in [-0.2, -0.15) is 26.3 Å². The number of likely N-dealkylation sites (tertiary alicyclic amines) is 3. The lowest BCUT2D eigenvalue weighted by molar-refractivity contribution is -0.144. The van der Waals surface area contributed by atoms with Crippen LogP contribution in [-0.4, -0.2) is 161 Å². The van der Waals surface area contributed by atoms with Crippen LogP contribution in [0.4, 0.5) is 58.9 Å². The molecule has 6 saturated heterocycles. The van der Waals surface area contributed by atoms with Crippen molar-refractivity contribution in [3.8, 4) is 22.3 Å². The minimum absolute atomic E-state index is 0.121. The van der Waals surface area contributed by atoms with E-state index in [9.17, 15) is 35.9 Å². The fourth-order valence-corrected chi connectivity index (χ4v) is 11.7. The first-order valence-electron chi connectivity index (χ1n) is 27.5. The average Bonchev–Trinajstić information content (AvgIpc) is 4.09. The van der Waals surface area contributed by atoms with Gasteiger partial charge in [-0.25, -0.2) is 19.6 Å². The number of ether oxygens (including phenoxy) is 2. The standard InChI is InChI=1S/C29H38F3N5O2.C28H36F3N5O2/c1-20-5-6-24(33-28(38)37-9-7-21(18-37)17-29(30,31)32)16-25(20)23-14-26(22-4-3-8-35(2)19-22)34-27(15-23)36-10-12-39-13-11-36;1-19-4-5-23(33-27(37)36-8-6-20(18-36)16-28(29,30)31)15-24(19)22-13-25(21-3-2-7-32-17-21)34-26(14-22)35-9-11-38-12-10-35/h5-6,14-16,21-22H,3-4,7-13,17-19H2,1-2H3,(H,33,38);4-5,13-15,20-21,32H,2-3,6-12,16-18H2,1H3,(H,33,37)/t21-,22?;20-,21?/m00/s1. The number of aryl methyl sites for hydroxylation is 2. The van der Waals surface area contributed by atoms with Gasteiger partial charge in [-0.05, 0) is 166 Å². The SMILES string of the molecule is Cc1ccc(NC(=O)N2CC[C@@H](CC(F)(F)F)C2)cc1-c1cc(C2CCCN(C)C2)nc(N2CCOCC2)c1.Cc1ccc(NC(=O)N2CC[C@@H](CC(F)(F)F)C2)cc1-c1cc(C2CCCNC2)nc(N2CCOCC2)c1. The number of amides is 4. The average molecular weight is 1080 g/mol. The molecule has 77 heavy (non-hydrogen) atoms. The summed E-state index contributed by atoms with van der Waals surface area (Å²) in [5.74, 6) is 1.49. The van der Waals surface area contributed by atoms with Gasteiger partial charge in [0.1, 0.15) is 11.6 Å². The maximum absolute atomic E-state index is 12.9. The van der Waals surface area contributed by atoms with Gasteiger partial charge in [0.25, 0.3) is 0 Å². The lowest BCUT2D eigenvalue weighted by Crippen LogP contribution is -2.37. The van der Waals surface area contributed by atoms with Crippen molar-refractivity contribution in [2.75, 3.05) is 132 Å². The van der Waals surface area contributed by atoms with Crippen molar-refractivity contribution in [2.45, 2.75) is 89.4 Å². The van der Waals surface area contributed by atoms with Gasteiger partial charge in [0.05, 0.1) is 26.4 Å². The number of piperidine rings is 2. The third kappa shape index (κ3) is 15.3. The van der Waals surface area contributed by atoms with Crippen LogP contribution in [-0.2, 0) is 9.47 Å². The molecule has 2 aromatic carbocycles. The highest BCUT2D eigenvalue weighted by molar-refractivity contribution is 5.92. The van der Waals surface area contributed by atoms with Crippen molar-refractivity contribution < 1.29 is 45.4 Å². The van der Waals surface area contributed by atoms with Gasteiger partial charge in [-0.15, -0.1) is 0 Å². The molecular weight excluding hydrogens is 1000 g/mol. The van der Waals surface area contributed by atoms with Crippen LogP contribution >= 0.6 is 0 Å². The molecular formula is C57H74F6N10O4. The third-order valence-corrected chi connectivity index (χ3v) is 15.9. The first-order valence-corrected chi connectivity index (χ1v) is 27.5. The zero-order chi connectivity index (χ0) is 54.3. The molecule has 14 nitrogen and oxygen atoms in total. The first-order chi connectivity index (χ1) is 36.9. The predicted molar refractivity (Wildman–Crippen MR) is 288 cm³/mol. The first kappa shape index (κ1) is 56.0. The molecule has 20 heteroatoms. The Balaban J connectivity index is 0.000000188. The molecule has 4 aromatic rings. The molecule has 6 fully saturated rings. The topological polar surface area (TPSA) is 131 Å². The molecule has 6 aliphatic rings. The second-order valence-electron chi connectivity index (χ2n) is 21.9. The number of anilines is 4. The van der Waals surface area contributed by atoms with E-state index in [1.165, 1.54) is 9.80 Å². The Morgan fingerprint density at radius 2 is 1.06 bits per heavy atom. The number of carbonyl (C=O) groups excluding carboxylic acids is 2. The molecule has 0 radical (unpaired) electrons. The number of hydrogen-bond donors (Lipinski definition) is 3. The molecule has 418 valence electrons. The molecule has 4 amide bonds. The number of halogens is 6. The molecule has 0 bridgehead atoms. The molecule has 8 heterocycles. The summed E-state index contributed by atoms with van der Waals surface area (Å²) in [7, 11) is 2.15. The third-order valence-electron chi connectivity index (χ3n) is 15.9. The van der Waals surface area contributed by atoms with E-state index in [0.29, 0.717) is 75.6 Å². The number of benzene rings is 2. The van der Waals surface area contributed by atoms with Crippen molar-refractivity contribution in [1.82, 2.24) is 30.0 Å². The number of nitrogens with one attached hydrogen (secondary N) is 3. The summed E-state index contributed by atoms with van der Waals surface area (Å²) < 4.78 is 87.9. The van der Waals surface area contributed by atoms with E-state index in [0.717, 1.165) is 134 Å². The van der Waals surface area contributed by atoms with Gasteiger partial charge in [-0.3, -0.25) is 0 Å². The molecule has 0 aliphatic carbocycles. The number of carbonyl (C=O) groups is 2. The van der Waals surface area contributed by atoms with Crippen LogP contribution in [0, 0.1) is 25.7 Å². The largest absolute Gasteiger partial charge is 0.389 e. The highest BCUT2D eigenvalue weighted by atomic mass is 19.4. The van der Waals surface area contributed by atoms with Crippen LogP contribution in [0.3, 0.4) is 0 Å². The van der Waals surface area contributed by atoms with E-state index in [2.05, 4.69) is 62.0 Å². The van der Waals surface area contributed by atoms with Crippen LogP contribution in [0.2, 0.25) is 0 Å². The van der Waals surface area contributed by atoms with E-state index < -0.39 is 37.0 Å². The van der Waals surface area contributed by atoms with E-state index >= 15 is 0 Å². The maximum Gasteiger partial charge on any atom is 0.389 e. The number of rotatable bonds is 10. The van der Waals surface area contributed by atoms with Crippen LogP contribution in [0.5, 0.6) is 0 Å². The Kier molecular flexibility index (Phi) is 18.2. The molecule has 0 spiro atoms. The smallest absolute Gasteiger partial charge is 0.378 e. The molecule has 3 N–H and O–H groups in total. The summed E-state index contributed by atoms with van der Waals surface area (Å²) in [6, 6.07) is 19.4. The quantitative estimate of drug-likeness (QED) is 0.132. The number of pyridine rings is 2. The Morgan fingerprint density at radius 1 is 0.597 bits per heavy atom. The van der Waals surface area contributed by atoms with Crippen LogP contribution in [0.15, 0.2) is 60.7 Å². The van der Waals surface area contributed by atoms with Gasteiger partial charge in [0.2, 0.25) is 0 Å². The van der Waals surface area contributed by atoms with Gasteiger partial charge < -0.3 is 49.9 Å². The summed E-state index contributed by atoms with van der Waals surface area (Å²) in [6.07, 6.45) is -4.94. The van der Waals surface area contributed by atoms with Crippen molar-refractivity contribution in [1.29, 1.82) is 0 Å². The summed E-state index contributed by atoms with van der Waals surface area (Å²) in [4.78, 5) is 45.8. The number of aromatic nitrogens is 2. The second-order valence-corrected chi connectivity index (χ2v) is 21.9. The summed E-state index contributed by atoms with van der Waals surface area (Å²) in [6.45, 7) is 14.9. The van der Waals surface area contributed by atoms with Crippen LogP contribution < -0.4 is 25.8 Å². The number of nitrogens with zero attached hydrogens (tertiary/aromatic N) is 7. The predicted octanol–water partition coefficient (Wildman–Crippen LogP) is 10.7. The molecule has 6 aliphatic heterocycles. The Morgan fingerprint density at radius 3 is 1.51 bits per heavy atom.